The van der Waals surface area contributed by atoms with Crippen molar-refractivity contribution in [1.29, 1.82) is 0 Å². The van der Waals surface area contributed by atoms with Crippen LogP contribution in [0.15, 0.2) is 47.4 Å². The van der Waals surface area contributed by atoms with Crippen LogP contribution in [0.4, 0.5) is 17.1 Å². The quantitative estimate of drug-likeness (QED) is 0.438. The summed E-state index contributed by atoms with van der Waals surface area (Å²) in [4.78, 5) is 25.3. The molecule has 0 saturated heterocycles. The van der Waals surface area contributed by atoms with Gasteiger partial charge < -0.3 is 10.2 Å². The predicted octanol–water partition coefficient (Wildman–Crippen LogP) is 3.72. The monoisotopic (exact) mass is 448 g/mol. The second-order valence-corrected chi connectivity index (χ2v) is 8.64. The first-order valence-electron chi connectivity index (χ1n) is 10.1. The molecule has 0 fully saturated rings. The van der Waals surface area contributed by atoms with Gasteiger partial charge in [-0.2, -0.15) is 4.31 Å². The zero-order chi connectivity index (χ0) is 23.2. The topological polar surface area (TPSA) is 113 Å². The van der Waals surface area contributed by atoms with Crippen LogP contribution in [0.2, 0.25) is 0 Å². The minimum Gasteiger partial charge on any atom is -0.370 e. The third-order valence-corrected chi connectivity index (χ3v) is 7.03. The van der Waals surface area contributed by atoms with Crippen LogP contribution in [-0.2, 0) is 10.0 Å². The molecule has 0 bridgehead atoms. The molecule has 1 amide bonds. The number of sulfonamides is 1. The van der Waals surface area contributed by atoms with Crippen LogP contribution in [0.25, 0.3) is 0 Å². The molecule has 0 radical (unpaired) electrons. The molecule has 0 aliphatic heterocycles. The van der Waals surface area contributed by atoms with Crippen LogP contribution in [0.5, 0.6) is 0 Å². The molecule has 0 spiro atoms. The Bertz CT molecular complexity index is 1050. The van der Waals surface area contributed by atoms with Crippen LogP contribution < -0.4 is 10.2 Å². The lowest BCUT2D eigenvalue weighted by atomic mass is 10.1. The number of non-ortho nitro benzene ring substituents is 1. The van der Waals surface area contributed by atoms with E-state index in [1.54, 1.807) is 19.9 Å². The summed E-state index contributed by atoms with van der Waals surface area (Å²) in [6.07, 6.45) is 0. The largest absolute Gasteiger partial charge is 0.370 e. The summed E-state index contributed by atoms with van der Waals surface area (Å²) in [7, 11) is -3.72. The number of nitrogens with zero attached hydrogens (tertiary/aromatic N) is 3. The third-order valence-electron chi connectivity index (χ3n) is 4.98. The Morgan fingerprint density at radius 1 is 1.00 bits per heavy atom. The van der Waals surface area contributed by atoms with E-state index in [0.29, 0.717) is 37.6 Å². The standard InChI is InChI=1S/C21H28N4O5S/c1-5-23(6-2)20-13-12-18(31(29,30)24(7-3)8-4)15-19(20)22-21(26)16-10-9-11-17(14-16)25(27)28/h9-15H,5-8H2,1-4H3,(H,22,26). The molecule has 10 heteroatoms. The van der Waals surface area contributed by atoms with Crippen molar-refractivity contribution >= 4 is 33.0 Å². The minimum absolute atomic E-state index is 0.0708. The van der Waals surface area contributed by atoms with E-state index in [2.05, 4.69) is 5.32 Å². The lowest BCUT2D eigenvalue weighted by Gasteiger charge is -2.26. The number of carbonyl (C=O) groups is 1. The van der Waals surface area contributed by atoms with Crippen molar-refractivity contribution in [2.45, 2.75) is 32.6 Å². The van der Waals surface area contributed by atoms with Gasteiger partial charge in [0.15, 0.2) is 0 Å². The number of rotatable bonds is 10. The molecule has 0 aromatic heterocycles. The van der Waals surface area contributed by atoms with Gasteiger partial charge in [0.2, 0.25) is 10.0 Å². The zero-order valence-corrected chi connectivity index (χ0v) is 19.0. The number of nitrogens with one attached hydrogen (secondary N) is 1. The molecule has 0 unspecified atom stereocenters. The Kier molecular flexibility index (Phi) is 8.12. The fraction of sp³-hybridized carbons (Fsp3) is 0.381. The highest BCUT2D eigenvalue weighted by Crippen LogP contribution is 2.31. The molecule has 2 rings (SSSR count). The van der Waals surface area contributed by atoms with Crippen molar-refractivity contribution in [3.8, 4) is 0 Å². The van der Waals surface area contributed by atoms with Gasteiger partial charge in [-0.15, -0.1) is 0 Å². The second kappa shape index (κ2) is 10.4. The molecule has 0 atom stereocenters. The van der Waals surface area contributed by atoms with Gasteiger partial charge >= 0.3 is 0 Å². The first-order valence-corrected chi connectivity index (χ1v) is 11.6. The van der Waals surface area contributed by atoms with E-state index >= 15 is 0 Å². The maximum absolute atomic E-state index is 13.0. The van der Waals surface area contributed by atoms with Gasteiger partial charge in [0.25, 0.3) is 11.6 Å². The molecule has 0 heterocycles. The number of hydrogen-bond acceptors (Lipinski definition) is 6. The molecule has 31 heavy (non-hydrogen) atoms. The minimum atomic E-state index is -3.72. The number of nitro benzene ring substituents is 1. The summed E-state index contributed by atoms with van der Waals surface area (Å²) in [6, 6.07) is 10.0. The highest BCUT2D eigenvalue weighted by Gasteiger charge is 2.24. The Balaban J connectivity index is 2.53. The fourth-order valence-corrected chi connectivity index (χ4v) is 4.77. The van der Waals surface area contributed by atoms with E-state index in [0.717, 1.165) is 0 Å². The number of anilines is 2. The van der Waals surface area contributed by atoms with Gasteiger partial charge in [0.05, 0.1) is 21.2 Å². The summed E-state index contributed by atoms with van der Waals surface area (Å²) in [5.74, 6) is -0.561. The van der Waals surface area contributed by atoms with Crippen LogP contribution in [-0.4, -0.2) is 49.7 Å². The van der Waals surface area contributed by atoms with Crippen LogP contribution in [0.1, 0.15) is 38.1 Å². The maximum atomic E-state index is 13.0. The van der Waals surface area contributed by atoms with E-state index in [-0.39, 0.29) is 16.1 Å². The molecular weight excluding hydrogens is 420 g/mol. The number of benzene rings is 2. The summed E-state index contributed by atoms with van der Waals surface area (Å²) in [5, 5.41) is 13.8. The maximum Gasteiger partial charge on any atom is 0.270 e. The van der Waals surface area contributed by atoms with E-state index in [1.807, 2.05) is 18.7 Å². The average molecular weight is 449 g/mol. The number of carbonyl (C=O) groups excluding carboxylic acids is 1. The third kappa shape index (κ3) is 5.39. The van der Waals surface area contributed by atoms with E-state index in [4.69, 9.17) is 0 Å². The van der Waals surface area contributed by atoms with Crippen molar-refractivity contribution in [2.24, 2.45) is 0 Å². The summed E-state index contributed by atoms with van der Waals surface area (Å²) >= 11 is 0. The van der Waals surface area contributed by atoms with Gasteiger partial charge in [-0.25, -0.2) is 8.42 Å². The number of nitro groups is 1. The molecular formula is C21H28N4O5S. The molecule has 0 saturated carbocycles. The molecule has 0 aliphatic carbocycles. The van der Waals surface area contributed by atoms with Gasteiger partial charge in [0, 0.05) is 43.9 Å². The second-order valence-electron chi connectivity index (χ2n) is 6.70. The summed E-state index contributed by atoms with van der Waals surface area (Å²) < 4.78 is 27.3. The van der Waals surface area contributed by atoms with Crippen molar-refractivity contribution < 1.29 is 18.1 Å². The van der Waals surface area contributed by atoms with E-state index in [9.17, 15) is 23.3 Å². The van der Waals surface area contributed by atoms with Crippen molar-refractivity contribution in [2.75, 3.05) is 36.4 Å². The molecule has 168 valence electrons. The highest BCUT2D eigenvalue weighted by molar-refractivity contribution is 7.89. The Morgan fingerprint density at radius 2 is 1.65 bits per heavy atom. The Labute approximate surface area is 182 Å². The van der Waals surface area contributed by atoms with Crippen molar-refractivity contribution in [3.63, 3.8) is 0 Å². The van der Waals surface area contributed by atoms with E-state index < -0.39 is 20.9 Å². The zero-order valence-electron chi connectivity index (χ0n) is 18.2. The molecule has 2 aromatic rings. The molecule has 2 aromatic carbocycles. The van der Waals surface area contributed by atoms with Gasteiger partial charge in [-0.05, 0) is 38.1 Å². The van der Waals surface area contributed by atoms with E-state index in [1.165, 1.54) is 40.7 Å². The van der Waals surface area contributed by atoms with Gasteiger partial charge in [-0.1, -0.05) is 19.9 Å². The molecule has 1 N–H and O–H groups in total. The molecule has 0 aliphatic rings. The molecule has 9 nitrogen and oxygen atoms in total. The Hall–Kier alpha value is -2.98. The fourth-order valence-electron chi connectivity index (χ4n) is 3.28. The summed E-state index contributed by atoms with van der Waals surface area (Å²) in [5.41, 5.74) is 0.905. The number of amides is 1. The first kappa shape index (κ1) is 24.3. The lowest BCUT2D eigenvalue weighted by molar-refractivity contribution is -0.384. The smallest absolute Gasteiger partial charge is 0.270 e. The van der Waals surface area contributed by atoms with Crippen LogP contribution in [0.3, 0.4) is 0 Å². The Morgan fingerprint density at radius 3 is 2.19 bits per heavy atom. The predicted molar refractivity (Wildman–Crippen MR) is 121 cm³/mol. The average Bonchev–Trinajstić information content (AvgIpc) is 2.76. The van der Waals surface area contributed by atoms with Crippen LogP contribution in [0, 0.1) is 10.1 Å². The van der Waals surface area contributed by atoms with Gasteiger partial charge in [-0.3, -0.25) is 14.9 Å². The lowest BCUT2D eigenvalue weighted by Crippen LogP contribution is -2.31. The van der Waals surface area contributed by atoms with Crippen molar-refractivity contribution in [3.05, 3.63) is 58.1 Å². The van der Waals surface area contributed by atoms with Crippen LogP contribution >= 0.6 is 0 Å². The number of hydrogen-bond donors (Lipinski definition) is 1. The van der Waals surface area contributed by atoms with Crippen molar-refractivity contribution in [1.82, 2.24) is 4.31 Å². The summed E-state index contributed by atoms with van der Waals surface area (Å²) in [6.45, 7) is 9.38. The van der Waals surface area contributed by atoms with Gasteiger partial charge in [0.1, 0.15) is 0 Å². The SMILES string of the molecule is CCN(CC)c1ccc(S(=O)(=O)N(CC)CC)cc1NC(=O)c1cccc([N+](=O)[O-])c1. The highest BCUT2D eigenvalue weighted by atomic mass is 32.2. The normalized spacial score (nSPS) is 11.4. The first-order chi connectivity index (χ1) is 14.7.